The van der Waals surface area contributed by atoms with E-state index < -0.39 is 0 Å². The lowest BCUT2D eigenvalue weighted by Gasteiger charge is -2.40. The van der Waals surface area contributed by atoms with Gasteiger partial charge in [0.2, 0.25) is 5.95 Å². The van der Waals surface area contributed by atoms with Gasteiger partial charge in [-0.15, -0.1) is 0 Å². The monoisotopic (exact) mass is 462 g/mol. The van der Waals surface area contributed by atoms with Crippen LogP contribution in [-0.4, -0.2) is 65.4 Å². The molecule has 9 nitrogen and oxygen atoms in total. The van der Waals surface area contributed by atoms with Gasteiger partial charge in [0.1, 0.15) is 17.5 Å². The van der Waals surface area contributed by atoms with E-state index in [0.717, 1.165) is 60.4 Å². The Morgan fingerprint density at radius 2 is 1.85 bits per heavy atom. The Morgan fingerprint density at radius 3 is 2.62 bits per heavy atom. The van der Waals surface area contributed by atoms with Crippen molar-refractivity contribution >= 4 is 34.2 Å². The molecule has 3 aromatic rings. The van der Waals surface area contributed by atoms with Crippen molar-refractivity contribution in [1.82, 2.24) is 19.9 Å². The Labute approximate surface area is 200 Å². The second-order valence-electron chi connectivity index (χ2n) is 9.41. The average molecular weight is 463 g/mol. The van der Waals surface area contributed by atoms with Crippen molar-refractivity contribution < 1.29 is 4.74 Å². The molecule has 0 amide bonds. The molecule has 0 aromatic carbocycles. The second kappa shape index (κ2) is 10.1. The molecule has 180 valence electrons. The topological polar surface area (TPSA) is 105 Å². The van der Waals surface area contributed by atoms with E-state index >= 15 is 0 Å². The summed E-state index contributed by atoms with van der Waals surface area (Å²) in [7, 11) is 0. The lowest BCUT2D eigenvalue weighted by atomic mass is 9.98. The van der Waals surface area contributed by atoms with Crippen LogP contribution in [0.5, 0.6) is 0 Å². The number of hydrogen-bond donors (Lipinski definition) is 2. The largest absolute Gasteiger partial charge is 0.373 e. The summed E-state index contributed by atoms with van der Waals surface area (Å²) < 4.78 is 5.76. The third-order valence-corrected chi connectivity index (χ3v) is 6.56. The number of nitrogens with one attached hydrogen (secondary N) is 1. The van der Waals surface area contributed by atoms with Crippen LogP contribution in [0, 0.1) is 0 Å². The first-order chi connectivity index (χ1) is 16.6. The van der Waals surface area contributed by atoms with Crippen molar-refractivity contribution in [3.05, 3.63) is 36.3 Å². The van der Waals surface area contributed by atoms with Gasteiger partial charge in [-0.25, -0.2) is 15.0 Å². The predicted octanol–water partition coefficient (Wildman–Crippen LogP) is 3.44. The van der Waals surface area contributed by atoms with Crippen LogP contribution in [0.15, 0.2) is 30.7 Å². The van der Waals surface area contributed by atoms with E-state index in [-0.39, 0.29) is 6.10 Å². The highest BCUT2D eigenvalue weighted by Gasteiger charge is 2.30. The van der Waals surface area contributed by atoms with Crippen LogP contribution >= 0.6 is 0 Å². The van der Waals surface area contributed by atoms with Crippen LogP contribution in [0.2, 0.25) is 0 Å². The molecule has 5 heterocycles. The summed E-state index contributed by atoms with van der Waals surface area (Å²) in [6.07, 6.45) is 9.62. The van der Waals surface area contributed by atoms with Crippen LogP contribution in [0.3, 0.4) is 0 Å². The molecule has 3 N–H and O–H groups in total. The lowest BCUT2D eigenvalue weighted by molar-refractivity contribution is 0.0391. The first kappa shape index (κ1) is 22.7. The van der Waals surface area contributed by atoms with E-state index in [1.54, 1.807) is 0 Å². The zero-order valence-electron chi connectivity index (χ0n) is 20.1. The first-order valence-electron chi connectivity index (χ1n) is 12.3. The van der Waals surface area contributed by atoms with E-state index in [4.69, 9.17) is 25.4 Å². The maximum Gasteiger partial charge on any atom is 0.227 e. The maximum absolute atomic E-state index is 5.76. The normalized spacial score (nSPS) is 16.8. The van der Waals surface area contributed by atoms with E-state index in [1.807, 2.05) is 24.7 Å². The molecule has 0 spiro atoms. The van der Waals surface area contributed by atoms with Gasteiger partial charge in [0.05, 0.1) is 12.7 Å². The number of ether oxygens (including phenoxy) is 1. The van der Waals surface area contributed by atoms with Crippen LogP contribution in [0.25, 0.3) is 10.8 Å². The third kappa shape index (κ3) is 4.76. The minimum atomic E-state index is 0.214. The minimum Gasteiger partial charge on any atom is -0.373 e. The number of hydrogen-bond acceptors (Lipinski definition) is 9. The molecule has 0 atom stereocenters. The molecule has 2 aliphatic rings. The molecule has 2 aliphatic heterocycles. The number of nitrogens with two attached hydrogens (primary N) is 1. The molecular formula is C25H34N8O. The fourth-order valence-electron chi connectivity index (χ4n) is 4.67. The molecule has 9 heteroatoms. The van der Waals surface area contributed by atoms with Crippen molar-refractivity contribution in [1.29, 1.82) is 0 Å². The standard InChI is InChI=1S/C25H34N8O/c1-17(2)20-13-29-24(33-15-18(16-33)34-11-7-26)21-14-28-23(12-19(20)21)30-22-6-8-27-25(31-22)32-9-4-3-5-10-32/h6,8,12-14,17-18H,3-5,7,9-11,15-16,26H2,1-2H3,(H,27,28,30,31). The molecule has 0 saturated carbocycles. The van der Waals surface area contributed by atoms with Crippen LogP contribution in [-0.2, 0) is 4.74 Å². The minimum absolute atomic E-state index is 0.214. The van der Waals surface area contributed by atoms with Crippen molar-refractivity contribution in [2.45, 2.75) is 45.1 Å². The summed E-state index contributed by atoms with van der Waals surface area (Å²) in [5.74, 6) is 3.61. The van der Waals surface area contributed by atoms with Gasteiger partial charge in [-0.1, -0.05) is 13.8 Å². The Kier molecular flexibility index (Phi) is 6.73. The fraction of sp³-hybridized carbons (Fsp3) is 0.520. The van der Waals surface area contributed by atoms with Crippen LogP contribution in [0.4, 0.5) is 23.4 Å². The highest BCUT2D eigenvalue weighted by Crippen LogP contribution is 2.34. The van der Waals surface area contributed by atoms with Crippen molar-refractivity contribution in [2.75, 3.05) is 54.4 Å². The third-order valence-electron chi connectivity index (χ3n) is 6.56. The smallest absolute Gasteiger partial charge is 0.227 e. The fourth-order valence-corrected chi connectivity index (χ4v) is 4.67. The van der Waals surface area contributed by atoms with E-state index in [2.05, 4.69) is 40.0 Å². The van der Waals surface area contributed by atoms with Gasteiger partial charge >= 0.3 is 0 Å². The van der Waals surface area contributed by atoms with Gasteiger partial charge in [-0.05, 0) is 48.3 Å². The quantitative estimate of drug-likeness (QED) is 0.521. The van der Waals surface area contributed by atoms with E-state index in [0.29, 0.717) is 19.1 Å². The van der Waals surface area contributed by atoms with Gasteiger partial charge in [0, 0.05) is 56.7 Å². The van der Waals surface area contributed by atoms with E-state index in [9.17, 15) is 0 Å². The second-order valence-corrected chi connectivity index (χ2v) is 9.41. The summed E-state index contributed by atoms with van der Waals surface area (Å²) in [5, 5.41) is 5.62. The molecular weight excluding hydrogens is 428 g/mol. The number of anilines is 4. The van der Waals surface area contributed by atoms with Gasteiger partial charge in [-0.3, -0.25) is 0 Å². The molecule has 34 heavy (non-hydrogen) atoms. The molecule has 0 unspecified atom stereocenters. The zero-order chi connectivity index (χ0) is 23.5. The van der Waals surface area contributed by atoms with Crippen molar-refractivity contribution in [3.8, 4) is 0 Å². The molecule has 2 saturated heterocycles. The Balaban J connectivity index is 1.40. The van der Waals surface area contributed by atoms with Crippen molar-refractivity contribution in [3.63, 3.8) is 0 Å². The Morgan fingerprint density at radius 1 is 1.03 bits per heavy atom. The molecule has 0 bridgehead atoms. The molecule has 0 aliphatic carbocycles. The zero-order valence-corrected chi connectivity index (χ0v) is 20.1. The summed E-state index contributed by atoms with van der Waals surface area (Å²) in [4.78, 5) is 23.3. The van der Waals surface area contributed by atoms with Crippen molar-refractivity contribution in [2.24, 2.45) is 5.73 Å². The molecule has 3 aromatic heterocycles. The summed E-state index contributed by atoms with van der Waals surface area (Å²) >= 11 is 0. The number of nitrogens with zero attached hydrogens (tertiary/aromatic N) is 6. The highest BCUT2D eigenvalue weighted by atomic mass is 16.5. The summed E-state index contributed by atoms with van der Waals surface area (Å²) in [6, 6.07) is 4.00. The van der Waals surface area contributed by atoms with Gasteiger partial charge < -0.3 is 25.6 Å². The predicted molar refractivity (Wildman–Crippen MR) is 136 cm³/mol. The number of rotatable bonds is 8. The van der Waals surface area contributed by atoms with E-state index in [1.165, 1.54) is 24.8 Å². The number of piperidine rings is 1. The SMILES string of the molecule is CC(C)c1cnc(N2CC(OCCN)C2)c2cnc(Nc3ccnc(N4CCCCC4)n3)cc12. The van der Waals surface area contributed by atoms with Gasteiger partial charge in [-0.2, -0.15) is 4.98 Å². The molecule has 5 rings (SSSR count). The first-order valence-corrected chi connectivity index (χ1v) is 12.3. The van der Waals surface area contributed by atoms with Gasteiger partial charge in [0.25, 0.3) is 0 Å². The van der Waals surface area contributed by atoms with Crippen LogP contribution in [0.1, 0.15) is 44.6 Å². The lowest BCUT2D eigenvalue weighted by Crippen LogP contribution is -2.53. The highest BCUT2D eigenvalue weighted by molar-refractivity contribution is 5.96. The summed E-state index contributed by atoms with van der Waals surface area (Å²) in [6.45, 7) is 9.20. The van der Waals surface area contributed by atoms with Crippen LogP contribution < -0.4 is 20.9 Å². The maximum atomic E-state index is 5.76. The van der Waals surface area contributed by atoms with Gasteiger partial charge in [0.15, 0.2) is 0 Å². The number of aromatic nitrogens is 4. The Bertz CT molecular complexity index is 1130. The average Bonchev–Trinajstić information content (AvgIpc) is 2.83. The number of fused-ring (bicyclic) bond motifs is 1. The molecule has 0 radical (unpaired) electrons. The summed E-state index contributed by atoms with van der Waals surface area (Å²) in [5.41, 5.74) is 6.77. The number of pyridine rings is 2. The Hall–Kier alpha value is -3.04. The molecule has 2 fully saturated rings.